The zero-order valence-corrected chi connectivity index (χ0v) is 17.2. The molecule has 0 radical (unpaired) electrons. The predicted molar refractivity (Wildman–Crippen MR) is 102 cm³/mol. The second kappa shape index (κ2) is 8.72. The van der Waals surface area contributed by atoms with Crippen molar-refractivity contribution in [2.45, 2.75) is 66.9 Å². The summed E-state index contributed by atoms with van der Waals surface area (Å²) in [6.07, 6.45) is 2.92. The molecule has 1 heterocycles. The highest BCUT2D eigenvalue weighted by molar-refractivity contribution is 6.01. The molecule has 150 valence electrons. The molecule has 1 N–H and O–H groups in total. The van der Waals surface area contributed by atoms with Crippen LogP contribution >= 0.6 is 0 Å². The predicted octanol–water partition coefficient (Wildman–Crippen LogP) is 3.99. The molecular formula is C21H31NO5. The van der Waals surface area contributed by atoms with Crippen LogP contribution in [0.15, 0.2) is 0 Å². The minimum atomic E-state index is -0.655. The fraction of sp³-hybridized carbons (Fsp3) is 0.667. The number of aryl methyl sites for hydroxylation is 1. The minimum Gasteiger partial charge on any atom is -0.460 e. The summed E-state index contributed by atoms with van der Waals surface area (Å²) in [7, 11) is 0. The van der Waals surface area contributed by atoms with Crippen molar-refractivity contribution in [2.24, 2.45) is 17.8 Å². The number of esters is 2. The summed E-state index contributed by atoms with van der Waals surface area (Å²) >= 11 is 0. The molecule has 0 spiro atoms. The first-order chi connectivity index (χ1) is 12.6. The van der Waals surface area contributed by atoms with E-state index in [0.717, 1.165) is 19.3 Å². The maximum Gasteiger partial charge on any atom is 0.355 e. The molecule has 6 nitrogen and oxygen atoms in total. The Bertz CT molecular complexity index is 718. The number of rotatable bonds is 6. The van der Waals surface area contributed by atoms with Crippen molar-refractivity contribution in [1.29, 1.82) is 0 Å². The van der Waals surface area contributed by atoms with E-state index in [-0.39, 0.29) is 17.6 Å². The van der Waals surface area contributed by atoms with Gasteiger partial charge in [-0.3, -0.25) is 4.79 Å². The average molecular weight is 377 g/mol. The van der Waals surface area contributed by atoms with Gasteiger partial charge in [-0.05, 0) is 56.9 Å². The van der Waals surface area contributed by atoms with Crippen LogP contribution in [0.25, 0.3) is 0 Å². The van der Waals surface area contributed by atoms with Crippen LogP contribution in [0.5, 0.6) is 0 Å². The summed E-state index contributed by atoms with van der Waals surface area (Å²) in [5, 5.41) is 0. The van der Waals surface area contributed by atoms with Gasteiger partial charge in [0.05, 0.1) is 0 Å². The van der Waals surface area contributed by atoms with Crippen LogP contribution in [0.3, 0.4) is 0 Å². The van der Waals surface area contributed by atoms with Gasteiger partial charge in [-0.15, -0.1) is 0 Å². The van der Waals surface area contributed by atoms with Crippen LogP contribution < -0.4 is 0 Å². The number of H-pyrrole nitrogens is 1. The van der Waals surface area contributed by atoms with E-state index in [0.29, 0.717) is 34.6 Å². The molecule has 0 aromatic carbocycles. The van der Waals surface area contributed by atoms with Crippen LogP contribution in [0.2, 0.25) is 0 Å². The number of hydrogen-bond acceptors (Lipinski definition) is 5. The Kier molecular flexibility index (Phi) is 6.84. The lowest BCUT2D eigenvalue weighted by molar-refractivity contribution is -0.159. The molecule has 27 heavy (non-hydrogen) atoms. The summed E-state index contributed by atoms with van der Waals surface area (Å²) in [6.45, 7) is 10.9. The number of aromatic amines is 1. The summed E-state index contributed by atoms with van der Waals surface area (Å²) < 4.78 is 10.8. The first-order valence-electron chi connectivity index (χ1n) is 9.68. The van der Waals surface area contributed by atoms with Crippen LogP contribution in [0.1, 0.15) is 79.1 Å². The smallest absolute Gasteiger partial charge is 0.355 e. The van der Waals surface area contributed by atoms with Crippen molar-refractivity contribution in [3.8, 4) is 0 Å². The van der Waals surface area contributed by atoms with Gasteiger partial charge in [0.25, 0.3) is 0 Å². The second-order valence-corrected chi connectivity index (χ2v) is 8.11. The summed E-state index contributed by atoms with van der Waals surface area (Å²) in [6, 6.07) is 0. The van der Waals surface area contributed by atoms with Crippen molar-refractivity contribution in [3.05, 3.63) is 22.5 Å². The highest BCUT2D eigenvalue weighted by atomic mass is 16.6. The number of carbonyl (C=O) groups is 3. The molecule has 1 aromatic heterocycles. The van der Waals surface area contributed by atoms with Crippen molar-refractivity contribution in [2.75, 3.05) is 6.61 Å². The number of ether oxygens (including phenoxy) is 2. The van der Waals surface area contributed by atoms with Gasteiger partial charge in [0.2, 0.25) is 0 Å². The Morgan fingerprint density at radius 3 is 2.41 bits per heavy atom. The molecule has 0 saturated heterocycles. The Balaban J connectivity index is 1.96. The van der Waals surface area contributed by atoms with Crippen LogP contribution in [0.4, 0.5) is 0 Å². The third kappa shape index (κ3) is 4.99. The SMILES string of the molecule is CC(=O)c1c(C)[nH]c(C(=O)OCC(=O)O[C@H]2C[C@@H](C)CC[C@@H]2C(C)C)c1C. The van der Waals surface area contributed by atoms with Gasteiger partial charge >= 0.3 is 11.9 Å². The highest BCUT2D eigenvalue weighted by Gasteiger charge is 2.33. The molecule has 1 aromatic rings. The molecule has 1 fully saturated rings. The molecule has 0 unspecified atom stereocenters. The van der Waals surface area contributed by atoms with E-state index in [2.05, 4.69) is 25.8 Å². The van der Waals surface area contributed by atoms with E-state index in [1.54, 1.807) is 13.8 Å². The number of ketones is 1. The Hall–Kier alpha value is -2.11. The average Bonchev–Trinajstić information content (AvgIpc) is 2.87. The standard InChI is InChI=1S/C21H31NO5/c1-11(2)16-8-7-12(3)9-17(16)27-18(24)10-26-21(25)20-13(4)19(15(6)23)14(5)22-20/h11-12,16-17,22H,7-10H2,1-6H3/t12-,16+,17-/m0/s1. The van der Waals surface area contributed by atoms with Gasteiger partial charge in [-0.25, -0.2) is 9.59 Å². The Morgan fingerprint density at radius 2 is 1.85 bits per heavy atom. The molecule has 2 rings (SSSR count). The number of Topliss-reactive ketones (excluding diaryl/α,β-unsaturated/α-hetero) is 1. The number of hydrogen-bond donors (Lipinski definition) is 1. The highest BCUT2D eigenvalue weighted by Crippen LogP contribution is 2.35. The molecular weight excluding hydrogens is 346 g/mol. The molecule has 1 aliphatic carbocycles. The summed E-state index contributed by atoms with van der Waals surface area (Å²) in [4.78, 5) is 39.1. The zero-order valence-electron chi connectivity index (χ0n) is 17.2. The maximum absolute atomic E-state index is 12.3. The molecule has 1 saturated carbocycles. The van der Waals surface area contributed by atoms with E-state index >= 15 is 0 Å². The van der Waals surface area contributed by atoms with Crippen molar-refractivity contribution in [3.63, 3.8) is 0 Å². The fourth-order valence-corrected chi connectivity index (χ4v) is 4.13. The summed E-state index contributed by atoms with van der Waals surface area (Å²) in [5.41, 5.74) is 1.85. The molecule has 0 amide bonds. The van der Waals surface area contributed by atoms with E-state index in [1.807, 2.05) is 0 Å². The third-order valence-electron chi connectivity index (χ3n) is 5.56. The van der Waals surface area contributed by atoms with E-state index in [9.17, 15) is 14.4 Å². The lowest BCUT2D eigenvalue weighted by atomic mass is 9.75. The van der Waals surface area contributed by atoms with Crippen LogP contribution in [-0.2, 0) is 14.3 Å². The maximum atomic E-state index is 12.3. The Labute approximate surface area is 161 Å². The first kappa shape index (κ1) is 21.2. The van der Waals surface area contributed by atoms with Gasteiger partial charge in [-0.1, -0.05) is 27.2 Å². The number of aromatic nitrogens is 1. The molecule has 3 atom stereocenters. The lowest BCUT2D eigenvalue weighted by Gasteiger charge is -2.36. The zero-order chi connectivity index (χ0) is 20.3. The van der Waals surface area contributed by atoms with Gasteiger partial charge in [0.15, 0.2) is 12.4 Å². The van der Waals surface area contributed by atoms with Crippen molar-refractivity contribution in [1.82, 2.24) is 4.98 Å². The quantitative estimate of drug-likeness (QED) is 0.598. The van der Waals surface area contributed by atoms with Crippen molar-refractivity contribution >= 4 is 17.7 Å². The number of nitrogens with one attached hydrogen (secondary N) is 1. The van der Waals surface area contributed by atoms with E-state index < -0.39 is 18.5 Å². The third-order valence-corrected chi connectivity index (χ3v) is 5.56. The largest absolute Gasteiger partial charge is 0.460 e. The first-order valence-corrected chi connectivity index (χ1v) is 9.68. The molecule has 6 heteroatoms. The monoisotopic (exact) mass is 377 g/mol. The van der Waals surface area contributed by atoms with Crippen LogP contribution in [0, 0.1) is 31.6 Å². The van der Waals surface area contributed by atoms with E-state index in [4.69, 9.17) is 9.47 Å². The molecule has 0 aliphatic heterocycles. The second-order valence-electron chi connectivity index (χ2n) is 8.11. The van der Waals surface area contributed by atoms with Gasteiger partial charge in [-0.2, -0.15) is 0 Å². The van der Waals surface area contributed by atoms with Gasteiger partial charge in [0.1, 0.15) is 11.8 Å². The molecule has 1 aliphatic rings. The van der Waals surface area contributed by atoms with E-state index in [1.165, 1.54) is 6.92 Å². The molecule has 0 bridgehead atoms. The van der Waals surface area contributed by atoms with Gasteiger partial charge < -0.3 is 14.5 Å². The van der Waals surface area contributed by atoms with Gasteiger partial charge in [0, 0.05) is 11.3 Å². The number of carbonyl (C=O) groups excluding carboxylic acids is 3. The minimum absolute atomic E-state index is 0.120. The lowest BCUT2D eigenvalue weighted by Crippen LogP contribution is -2.36. The summed E-state index contributed by atoms with van der Waals surface area (Å²) in [5.74, 6) is -0.00119. The normalized spacial score (nSPS) is 22.6. The Morgan fingerprint density at radius 1 is 1.19 bits per heavy atom. The van der Waals surface area contributed by atoms with Crippen molar-refractivity contribution < 1.29 is 23.9 Å². The fourth-order valence-electron chi connectivity index (χ4n) is 4.13. The topological polar surface area (TPSA) is 85.5 Å². The van der Waals surface area contributed by atoms with Crippen LogP contribution in [-0.4, -0.2) is 35.4 Å².